The lowest BCUT2D eigenvalue weighted by atomic mass is 9.98. The van der Waals surface area contributed by atoms with Gasteiger partial charge in [-0.15, -0.1) is 0 Å². The normalized spacial score (nSPS) is 18.8. The highest BCUT2D eigenvalue weighted by Crippen LogP contribution is 2.19. The van der Waals surface area contributed by atoms with Crippen molar-refractivity contribution in [3.8, 4) is 5.75 Å². The predicted octanol–water partition coefficient (Wildman–Crippen LogP) is 3.41. The van der Waals surface area contributed by atoms with Crippen molar-refractivity contribution in [3.63, 3.8) is 0 Å². The quantitative estimate of drug-likeness (QED) is 0.519. The van der Waals surface area contributed by atoms with Gasteiger partial charge in [0.25, 0.3) is 0 Å². The van der Waals surface area contributed by atoms with Crippen molar-refractivity contribution in [1.29, 1.82) is 0 Å². The number of hydrogen-bond acceptors (Lipinski definition) is 3. The molecule has 1 heterocycles. The predicted molar refractivity (Wildman–Crippen MR) is 106 cm³/mol. The Morgan fingerprint density at radius 3 is 2.61 bits per heavy atom. The molecule has 1 aliphatic heterocycles. The third-order valence-electron chi connectivity index (χ3n) is 4.70. The Hall–Kier alpha value is -1.96. The van der Waals surface area contributed by atoms with Crippen LogP contribution in [-0.2, 0) is 6.54 Å². The molecule has 1 fully saturated rings. The molecule has 1 atom stereocenters. The lowest BCUT2D eigenvalue weighted by molar-refractivity contribution is -0.153. The van der Waals surface area contributed by atoms with Crippen molar-refractivity contribution in [2.45, 2.75) is 39.4 Å². The van der Waals surface area contributed by atoms with Crippen molar-refractivity contribution in [1.82, 2.24) is 15.5 Å². The fraction of sp³-hybridized carbons (Fsp3) is 0.650. The van der Waals surface area contributed by atoms with Gasteiger partial charge in [0, 0.05) is 19.6 Å². The molecule has 1 aliphatic rings. The number of rotatable bonds is 8. The minimum absolute atomic E-state index is 0.202. The van der Waals surface area contributed by atoms with Gasteiger partial charge in [-0.1, -0.05) is 19.1 Å². The van der Waals surface area contributed by atoms with Gasteiger partial charge in [0.2, 0.25) is 0 Å². The number of likely N-dealkylation sites (tertiary alicyclic amines) is 1. The Labute approximate surface area is 165 Å². The van der Waals surface area contributed by atoms with Gasteiger partial charge in [-0.3, -0.25) is 0 Å². The largest absolute Gasteiger partial charge is 0.484 e. The molecule has 1 aromatic rings. The number of aliphatic imine (C=N–C) groups is 1. The highest BCUT2D eigenvalue weighted by molar-refractivity contribution is 5.79. The van der Waals surface area contributed by atoms with E-state index in [4.69, 9.17) is 4.74 Å². The summed E-state index contributed by atoms with van der Waals surface area (Å²) in [5, 5.41) is 6.66. The fourth-order valence-corrected chi connectivity index (χ4v) is 3.21. The molecular formula is C20H31F3N4O. The van der Waals surface area contributed by atoms with Crippen LogP contribution in [0.4, 0.5) is 13.2 Å². The third-order valence-corrected chi connectivity index (χ3v) is 4.70. The summed E-state index contributed by atoms with van der Waals surface area (Å²) in [5.41, 5.74) is 0.909. The van der Waals surface area contributed by atoms with E-state index in [9.17, 15) is 13.2 Å². The summed E-state index contributed by atoms with van der Waals surface area (Å²) in [6.45, 7) is 8.41. The summed E-state index contributed by atoms with van der Waals surface area (Å²) in [7, 11) is 0. The van der Waals surface area contributed by atoms with E-state index >= 15 is 0 Å². The maximum absolute atomic E-state index is 12.2. The summed E-state index contributed by atoms with van der Waals surface area (Å²) in [6, 6.07) is 6.55. The highest BCUT2D eigenvalue weighted by Gasteiger charge is 2.28. The number of alkyl halides is 3. The van der Waals surface area contributed by atoms with Gasteiger partial charge in [0.15, 0.2) is 12.6 Å². The van der Waals surface area contributed by atoms with Crippen LogP contribution in [0.3, 0.4) is 0 Å². The number of nitrogens with one attached hydrogen (secondary N) is 2. The zero-order valence-corrected chi connectivity index (χ0v) is 16.7. The van der Waals surface area contributed by atoms with Gasteiger partial charge in [0.1, 0.15) is 5.75 Å². The van der Waals surface area contributed by atoms with E-state index in [1.807, 2.05) is 6.92 Å². The van der Waals surface area contributed by atoms with Crippen LogP contribution in [0.1, 0.15) is 32.3 Å². The Balaban J connectivity index is 1.84. The van der Waals surface area contributed by atoms with Gasteiger partial charge in [0.05, 0.1) is 6.54 Å². The van der Waals surface area contributed by atoms with Crippen molar-refractivity contribution in [2.75, 3.05) is 39.3 Å². The Bertz CT molecular complexity index is 604. The van der Waals surface area contributed by atoms with Gasteiger partial charge in [-0.25, -0.2) is 4.99 Å². The minimum Gasteiger partial charge on any atom is -0.484 e. The Morgan fingerprint density at radius 1 is 1.21 bits per heavy atom. The zero-order valence-electron chi connectivity index (χ0n) is 16.7. The van der Waals surface area contributed by atoms with E-state index in [2.05, 4.69) is 27.4 Å². The number of piperidine rings is 1. The average Bonchev–Trinajstić information content (AvgIpc) is 2.69. The van der Waals surface area contributed by atoms with Gasteiger partial charge in [-0.05, 0) is 56.5 Å². The third kappa shape index (κ3) is 8.37. The maximum atomic E-state index is 12.2. The number of guanidine groups is 1. The number of ether oxygens (including phenoxy) is 1. The van der Waals surface area contributed by atoms with E-state index in [0.717, 1.165) is 37.7 Å². The lowest BCUT2D eigenvalue weighted by Crippen LogP contribution is -2.44. The molecule has 1 saturated heterocycles. The first kappa shape index (κ1) is 22.3. The first-order valence-electron chi connectivity index (χ1n) is 9.92. The number of nitrogens with zero attached hydrogens (tertiary/aromatic N) is 2. The van der Waals surface area contributed by atoms with Crippen molar-refractivity contribution in [2.24, 2.45) is 10.9 Å². The molecule has 28 heavy (non-hydrogen) atoms. The second-order valence-corrected chi connectivity index (χ2v) is 7.03. The van der Waals surface area contributed by atoms with E-state index in [1.54, 1.807) is 12.1 Å². The molecule has 0 aromatic heterocycles. The van der Waals surface area contributed by atoms with Crippen LogP contribution in [0.15, 0.2) is 29.3 Å². The molecule has 2 rings (SSSR count). The number of hydrogen-bond donors (Lipinski definition) is 2. The molecule has 8 heteroatoms. The maximum Gasteiger partial charge on any atom is 0.422 e. The first-order chi connectivity index (χ1) is 13.4. The number of halogens is 3. The van der Waals surface area contributed by atoms with Crippen LogP contribution in [0.2, 0.25) is 0 Å². The van der Waals surface area contributed by atoms with E-state index < -0.39 is 12.8 Å². The Kier molecular flexibility index (Phi) is 8.89. The van der Waals surface area contributed by atoms with Crippen LogP contribution >= 0.6 is 0 Å². The van der Waals surface area contributed by atoms with Crippen LogP contribution in [0.5, 0.6) is 5.75 Å². The molecule has 0 radical (unpaired) electrons. The van der Waals surface area contributed by atoms with Crippen molar-refractivity contribution in [3.05, 3.63) is 29.8 Å². The van der Waals surface area contributed by atoms with Crippen LogP contribution in [0, 0.1) is 5.92 Å². The monoisotopic (exact) mass is 400 g/mol. The molecular weight excluding hydrogens is 369 g/mol. The van der Waals surface area contributed by atoms with E-state index in [1.165, 1.54) is 31.5 Å². The Morgan fingerprint density at radius 2 is 1.96 bits per heavy atom. The van der Waals surface area contributed by atoms with Gasteiger partial charge < -0.3 is 20.3 Å². The van der Waals surface area contributed by atoms with Crippen molar-refractivity contribution >= 4 is 5.96 Å². The fourth-order valence-electron chi connectivity index (χ4n) is 3.21. The van der Waals surface area contributed by atoms with Gasteiger partial charge in [-0.2, -0.15) is 13.2 Å². The molecule has 0 spiro atoms. The molecule has 0 bridgehead atoms. The molecule has 158 valence electrons. The molecule has 0 aliphatic carbocycles. The lowest BCUT2D eigenvalue weighted by Gasteiger charge is -2.32. The molecule has 5 nitrogen and oxygen atoms in total. The summed E-state index contributed by atoms with van der Waals surface area (Å²) in [5.74, 6) is 1.57. The van der Waals surface area contributed by atoms with Crippen LogP contribution in [-0.4, -0.2) is 56.4 Å². The summed E-state index contributed by atoms with van der Waals surface area (Å²) in [4.78, 5) is 7.06. The van der Waals surface area contributed by atoms with Crippen LogP contribution in [0.25, 0.3) is 0 Å². The molecule has 2 N–H and O–H groups in total. The molecule has 0 amide bonds. The molecule has 1 aromatic carbocycles. The molecule has 1 unspecified atom stereocenters. The SMILES string of the molecule is CCNC(=NCc1ccc(OCC(F)(F)F)cc1)NCC1CCCN(CC)C1. The van der Waals surface area contributed by atoms with Crippen LogP contribution < -0.4 is 15.4 Å². The zero-order chi connectivity index (χ0) is 20.4. The van der Waals surface area contributed by atoms with Gasteiger partial charge >= 0.3 is 6.18 Å². The average molecular weight is 400 g/mol. The minimum atomic E-state index is -4.33. The highest BCUT2D eigenvalue weighted by atomic mass is 19.4. The molecule has 0 saturated carbocycles. The van der Waals surface area contributed by atoms with Crippen molar-refractivity contribution < 1.29 is 17.9 Å². The van der Waals surface area contributed by atoms with E-state index in [-0.39, 0.29) is 5.75 Å². The standard InChI is InChI=1S/C20H31F3N4O/c1-3-24-19(26-13-17-6-5-11-27(4-2)14-17)25-12-16-7-9-18(10-8-16)28-15-20(21,22)23/h7-10,17H,3-6,11-15H2,1-2H3,(H2,24,25,26). The number of benzene rings is 1. The summed E-state index contributed by atoms with van der Waals surface area (Å²) < 4.78 is 41.3. The smallest absolute Gasteiger partial charge is 0.422 e. The topological polar surface area (TPSA) is 48.9 Å². The second kappa shape index (κ2) is 11.1. The second-order valence-electron chi connectivity index (χ2n) is 7.03. The summed E-state index contributed by atoms with van der Waals surface area (Å²) in [6.07, 6.45) is -1.87. The van der Waals surface area contributed by atoms with E-state index in [0.29, 0.717) is 12.5 Å². The summed E-state index contributed by atoms with van der Waals surface area (Å²) >= 11 is 0. The first-order valence-corrected chi connectivity index (χ1v) is 9.92.